The van der Waals surface area contributed by atoms with Gasteiger partial charge in [0.1, 0.15) is 0 Å². The van der Waals surface area contributed by atoms with Gasteiger partial charge in [0, 0.05) is 13.1 Å². The molecule has 9 heteroatoms. The molecule has 27 heavy (non-hydrogen) atoms. The number of nitrogens with one attached hydrogen (secondary N) is 1. The number of amides is 1. The Morgan fingerprint density at radius 3 is 2.70 bits per heavy atom. The number of ether oxygens (including phenoxy) is 2. The summed E-state index contributed by atoms with van der Waals surface area (Å²) in [6.07, 6.45) is 1.30. The first-order valence-corrected chi connectivity index (χ1v) is 8.79. The summed E-state index contributed by atoms with van der Waals surface area (Å²) in [5, 5.41) is 2.69. The normalized spacial score (nSPS) is 14.7. The highest BCUT2D eigenvalue weighted by atomic mass is 19.1. The molecule has 2 aromatic rings. The first kappa shape index (κ1) is 18.8. The van der Waals surface area contributed by atoms with E-state index >= 15 is 0 Å². The fourth-order valence-electron chi connectivity index (χ4n) is 2.71. The molecule has 8 nitrogen and oxygen atoms in total. The highest BCUT2D eigenvalue weighted by molar-refractivity contribution is 5.80. The smallest absolute Gasteiger partial charge is 0.321 e. The number of hydrogen-bond acceptors (Lipinski definition) is 7. The number of hydrogen-bond donors (Lipinski definition) is 1. The van der Waals surface area contributed by atoms with Gasteiger partial charge >= 0.3 is 6.01 Å². The van der Waals surface area contributed by atoms with Crippen molar-refractivity contribution in [2.45, 2.75) is 32.4 Å². The molecule has 1 aromatic carbocycles. The number of anilines is 1. The van der Waals surface area contributed by atoms with E-state index in [1.807, 2.05) is 0 Å². The second-order valence-electron chi connectivity index (χ2n) is 6.14. The molecule has 0 bridgehead atoms. The summed E-state index contributed by atoms with van der Waals surface area (Å²) in [5.74, 6) is 0.0303. The van der Waals surface area contributed by atoms with Gasteiger partial charge in [0.2, 0.25) is 5.95 Å². The zero-order valence-corrected chi connectivity index (χ0v) is 15.3. The van der Waals surface area contributed by atoms with E-state index in [0.717, 1.165) is 25.9 Å². The Morgan fingerprint density at radius 1 is 1.26 bits per heavy atom. The second-order valence-corrected chi connectivity index (χ2v) is 6.14. The van der Waals surface area contributed by atoms with Gasteiger partial charge in [-0.1, -0.05) is 12.1 Å². The molecule has 2 heterocycles. The van der Waals surface area contributed by atoms with Gasteiger partial charge in [-0.2, -0.15) is 15.0 Å². The minimum Gasteiger partial charge on any atom is -0.478 e. The number of methoxy groups -OCH3 is 1. The highest BCUT2D eigenvalue weighted by Gasteiger charge is 2.20. The van der Waals surface area contributed by atoms with Crippen LogP contribution < -0.4 is 19.7 Å². The van der Waals surface area contributed by atoms with Crippen LogP contribution in [0.4, 0.5) is 10.3 Å². The van der Waals surface area contributed by atoms with Crippen LogP contribution in [0.25, 0.3) is 0 Å². The standard InChI is InChI=1S/C18H22FN5O3/c1-12(27-14-8-4-3-7-13(14)19)16(25)20-11-15-21-17(23-18(22-15)26-2)24-9-5-6-10-24/h3-4,7-8,12H,5-6,9-11H2,1-2H3,(H,20,25). The third-order valence-corrected chi connectivity index (χ3v) is 4.15. The lowest BCUT2D eigenvalue weighted by Crippen LogP contribution is -2.36. The number of benzene rings is 1. The van der Waals surface area contributed by atoms with Crippen molar-refractivity contribution in [2.24, 2.45) is 0 Å². The van der Waals surface area contributed by atoms with E-state index in [1.165, 1.54) is 19.2 Å². The molecular weight excluding hydrogens is 353 g/mol. The number of carbonyl (C=O) groups is 1. The van der Waals surface area contributed by atoms with Crippen LogP contribution in [0.2, 0.25) is 0 Å². The topological polar surface area (TPSA) is 89.5 Å². The van der Waals surface area contributed by atoms with Crippen LogP contribution in [-0.2, 0) is 11.3 Å². The van der Waals surface area contributed by atoms with Crippen LogP contribution in [0.5, 0.6) is 11.8 Å². The lowest BCUT2D eigenvalue weighted by molar-refractivity contribution is -0.127. The minimum absolute atomic E-state index is 0.0262. The van der Waals surface area contributed by atoms with Crippen LogP contribution in [0.15, 0.2) is 24.3 Å². The summed E-state index contributed by atoms with van der Waals surface area (Å²) in [6, 6.07) is 6.14. The number of aromatic nitrogens is 3. The van der Waals surface area contributed by atoms with E-state index in [9.17, 15) is 9.18 Å². The fraction of sp³-hybridized carbons (Fsp3) is 0.444. The molecule has 1 unspecified atom stereocenters. The summed E-state index contributed by atoms with van der Waals surface area (Å²) in [5.41, 5.74) is 0. The van der Waals surface area contributed by atoms with Crippen LogP contribution in [-0.4, -0.2) is 47.2 Å². The Kier molecular flexibility index (Phi) is 6.00. The Labute approximate surface area is 156 Å². The summed E-state index contributed by atoms with van der Waals surface area (Å²) in [6.45, 7) is 3.40. The largest absolute Gasteiger partial charge is 0.478 e. The molecule has 0 aliphatic carbocycles. The maximum Gasteiger partial charge on any atom is 0.321 e. The summed E-state index contributed by atoms with van der Waals surface area (Å²) < 4.78 is 24.1. The Morgan fingerprint density at radius 2 is 2.00 bits per heavy atom. The first-order chi connectivity index (χ1) is 13.1. The summed E-state index contributed by atoms with van der Waals surface area (Å²) in [7, 11) is 1.48. The summed E-state index contributed by atoms with van der Waals surface area (Å²) in [4.78, 5) is 27.1. The summed E-state index contributed by atoms with van der Waals surface area (Å²) >= 11 is 0. The number of rotatable bonds is 7. The zero-order valence-electron chi connectivity index (χ0n) is 15.3. The Hall–Kier alpha value is -2.97. The number of halogens is 1. The third kappa shape index (κ3) is 4.81. The van der Waals surface area contributed by atoms with Gasteiger partial charge in [0.25, 0.3) is 5.91 Å². The van der Waals surface area contributed by atoms with Gasteiger partial charge in [0.15, 0.2) is 23.5 Å². The van der Waals surface area contributed by atoms with Crippen LogP contribution in [0.3, 0.4) is 0 Å². The van der Waals surface area contributed by atoms with Crippen LogP contribution >= 0.6 is 0 Å². The van der Waals surface area contributed by atoms with Crippen LogP contribution in [0, 0.1) is 5.82 Å². The maximum absolute atomic E-state index is 13.6. The van der Waals surface area contributed by atoms with Gasteiger partial charge in [-0.3, -0.25) is 4.79 Å². The molecule has 1 fully saturated rings. The van der Waals surface area contributed by atoms with Crippen molar-refractivity contribution < 1.29 is 18.7 Å². The molecule has 144 valence electrons. The van der Waals surface area contributed by atoms with Crippen molar-refractivity contribution in [3.63, 3.8) is 0 Å². The zero-order chi connectivity index (χ0) is 19.2. The number of para-hydroxylation sites is 1. The van der Waals surface area contributed by atoms with Gasteiger partial charge in [-0.15, -0.1) is 0 Å². The molecule has 1 amide bonds. The lowest BCUT2D eigenvalue weighted by atomic mass is 10.3. The van der Waals surface area contributed by atoms with Crippen molar-refractivity contribution in [1.82, 2.24) is 20.3 Å². The van der Waals surface area contributed by atoms with Gasteiger partial charge in [-0.25, -0.2) is 4.39 Å². The number of nitrogens with zero attached hydrogens (tertiary/aromatic N) is 4. The average Bonchev–Trinajstić information content (AvgIpc) is 3.22. The highest BCUT2D eigenvalue weighted by Crippen LogP contribution is 2.18. The molecule has 1 atom stereocenters. The molecule has 1 aliphatic heterocycles. The van der Waals surface area contributed by atoms with E-state index in [2.05, 4.69) is 25.2 Å². The monoisotopic (exact) mass is 375 g/mol. The predicted molar refractivity (Wildman–Crippen MR) is 96.2 cm³/mol. The SMILES string of the molecule is COc1nc(CNC(=O)C(C)Oc2ccccc2F)nc(N2CCCC2)n1. The molecule has 0 saturated carbocycles. The first-order valence-electron chi connectivity index (χ1n) is 8.79. The minimum atomic E-state index is -0.872. The van der Waals surface area contributed by atoms with E-state index in [0.29, 0.717) is 11.8 Å². The molecule has 0 spiro atoms. The van der Waals surface area contributed by atoms with E-state index in [-0.39, 0.29) is 18.3 Å². The van der Waals surface area contributed by atoms with Crippen molar-refractivity contribution >= 4 is 11.9 Å². The molecule has 1 N–H and O–H groups in total. The lowest BCUT2D eigenvalue weighted by Gasteiger charge is -2.17. The number of carbonyl (C=O) groups excluding carboxylic acids is 1. The molecule has 3 rings (SSSR count). The third-order valence-electron chi connectivity index (χ3n) is 4.15. The molecule has 1 saturated heterocycles. The maximum atomic E-state index is 13.6. The van der Waals surface area contributed by atoms with Crippen molar-refractivity contribution in [3.8, 4) is 11.8 Å². The van der Waals surface area contributed by atoms with Crippen molar-refractivity contribution in [2.75, 3.05) is 25.1 Å². The molecule has 1 aromatic heterocycles. The Balaban J connectivity index is 1.62. The molecule has 0 radical (unpaired) electrons. The van der Waals surface area contributed by atoms with Gasteiger partial charge < -0.3 is 19.7 Å². The van der Waals surface area contributed by atoms with Gasteiger partial charge in [0.05, 0.1) is 13.7 Å². The Bertz CT molecular complexity index is 798. The molecule has 1 aliphatic rings. The van der Waals surface area contributed by atoms with Crippen molar-refractivity contribution in [1.29, 1.82) is 0 Å². The van der Waals surface area contributed by atoms with Crippen LogP contribution in [0.1, 0.15) is 25.6 Å². The van der Waals surface area contributed by atoms with E-state index < -0.39 is 17.8 Å². The van der Waals surface area contributed by atoms with Crippen molar-refractivity contribution in [3.05, 3.63) is 35.9 Å². The van der Waals surface area contributed by atoms with E-state index in [4.69, 9.17) is 9.47 Å². The fourth-order valence-corrected chi connectivity index (χ4v) is 2.71. The average molecular weight is 375 g/mol. The predicted octanol–water partition coefficient (Wildman–Crippen LogP) is 1.70. The van der Waals surface area contributed by atoms with E-state index in [1.54, 1.807) is 19.1 Å². The van der Waals surface area contributed by atoms with Gasteiger partial charge in [-0.05, 0) is 31.9 Å². The molecular formula is C18H22FN5O3. The quantitative estimate of drug-likeness (QED) is 0.788. The second kappa shape index (κ2) is 8.61.